The number of rotatable bonds is 5. The van der Waals surface area contributed by atoms with Crippen LogP contribution in [0.5, 0.6) is 0 Å². The molecule has 0 saturated carbocycles. The molecule has 1 aromatic heterocycles. The van der Waals surface area contributed by atoms with Crippen LogP contribution in [0.1, 0.15) is 15.9 Å². The number of hydrogen-bond donors (Lipinski definition) is 0. The lowest BCUT2D eigenvalue weighted by Crippen LogP contribution is -1.93. The zero-order chi connectivity index (χ0) is 20.2. The van der Waals surface area contributed by atoms with Crippen LogP contribution in [0, 0.1) is 5.82 Å². The maximum atomic E-state index is 13.1. The van der Waals surface area contributed by atoms with Gasteiger partial charge in [-0.25, -0.2) is 9.07 Å². The Morgan fingerprint density at radius 1 is 0.931 bits per heavy atom. The van der Waals surface area contributed by atoms with Gasteiger partial charge in [0.2, 0.25) is 0 Å². The Bertz CT molecular complexity index is 1160. The topological polar surface area (TPSA) is 34.9 Å². The first kappa shape index (κ1) is 18.8. The summed E-state index contributed by atoms with van der Waals surface area (Å²) < 4.78 is 14.9. The standard InChI is InChI=1S/C24H16ClFN2O/c25-20-11-6-18(7-12-20)24-19(16-28(27-24)22-4-2-1-3-5-22)10-15-23(29)17-8-13-21(26)14-9-17/h1-16H/b15-10+. The molecule has 0 unspecified atom stereocenters. The van der Waals surface area contributed by atoms with Gasteiger partial charge in [-0.3, -0.25) is 4.79 Å². The molecule has 1 heterocycles. The number of ketones is 1. The number of hydrogen-bond acceptors (Lipinski definition) is 2. The van der Waals surface area contributed by atoms with Crippen molar-refractivity contribution < 1.29 is 9.18 Å². The normalized spacial score (nSPS) is 11.1. The average molecular weight is 403 g/mol. The summed E-state index contributed by atoms with van der Waals surface area (Å²) in [6.45, 7) is 0. The lowest BCUT2D eigenvalue weighted by Gasteiger charge is -2.01. The molecule has 3 nitrogen and oxygen atoms in total. The van der Waals surface area contributed by atoms with E-state index in [1.807, 2.05) is 48.7 Å². The summed E-state index contributed by atoms with van der Waals surface area (Å²) in [5, 5.41) is 5.34. The highest BCUT2D eigenvalue weighted by molar-refractivity contribution is 6.30. The Labute approximate surface area is 172 Å². The van der Waals surface area contributed by atoms with E-state index in [-0.39, 0.29) is 11.6 Å². The van der Waals surface area contributed by atoms with E-state index in [1.54, 1.807) is 22.9 Å². The van der Waals surface area contributed by atoms with Gasteiger partial charge in [-0.15, -0.1) is 0 Å². The van der Waals surface area contributed by atoms with Gasteiger partial charge in [0.25, 0.3) is 0 Å². The zero-order valence-electron chi connectivity index (χ0n) is 15.3. The third kappa shape index (κ3) is 4.33. The van der Waals surface area contributed by atoms with E-state index in [0.717, 1.165) is 22.5 Å². The van der Waals surface area contributed by atoms with E-state index in [4.69, 9.17) is 16.7 Å². The predicted molar refractivity (Wildman–Crippen MR) is 114 cm³/mol. The van der Waals surface area contributed by atoms with Gasteiger partial charge in [0, 0.05) is 27.9 Å². The van der Waals surface area contributed by atoms with Gasteiger partial charge in [-0.2, -0.15) is 5.10 Å². The maximum Gasteiger partial charge on any atom is 0.185 e. The van der Waals surface area contributed by atoms with Crippen LogP contribution in [0.15, 0.2) is 91.1 Å². The SMILES string of the molecule is O=C(/C=C/c1cn(-c2ccccc2)nc1-c1ccc(Cl)cc1)c1ccc(F)cc1. The van der Waals surface area contributed by atoms with Crippen molar-refractivity contribution in [2.75, 3.05) is 0 Å². The summed E-state index contributed by atoms with van der Waals surface area (Å²) in [7, 11) is 0. The van der Waals surface area contributed by atoms with Crippen LogP contribution in [0.4, 0.5) is 4.39 Å². The van der Waals surface area contributed by atoms with Gasteiger partial charge >= 0.3 is 0 Å². The molecule has 0 spiro atoms. The van der Waals surface area contributed by atoms with E-state index >= 15 is 0 Å². The van der Waals surface area contributed by atoms with Gasteiger partial charge in [-0.05, 0) is 60.7 Å². The quantitative estimate of drug-likeness (QED) is 0.293. The summed E-state index contributed by atoms with van der Waals surface area (Å²) in [4.78, 5) is 12.4. The van der Waals surface area contributed by atoms with Gasteiger partial charge in [0.1, 0.15) is 5.82 Å². The zero-order valence-corrected chi connectivity index (χ0v) is 16.1. The van der Waals surface area contributed by atoms with Crippen LogP contribution in [0.2, 0.25) is 5.02 Å². The lowest BCUT2D eigenvalue weighted by molar-refractivity contribution is 0.104. The van der Waals surface area contributed by atoms with Crippen molar-refractivity contribution in [3.05, 3.63) is 113 Å². The molecule has 0 aliphatic carbocycles. The van der Waals surface area contributed by atoms with Crippen LogP contribution in [-0.4, -0.2) is 15.6 Å². The van der Waals surface area contributed by atoms with E-state index in [2.05, 4.69) is 0 Å². The third-order valence-corrected chi connectivity index (χ3v) is 4.68. The van der Waals surface area contributed by atoms with Crippen molar-refractivity contribution in [1.82, 2.24) is 9.78 Å². The van der Waals surface area contributed by atoms with Crippen molar-refractivity contribution in [3.8, 4) is 16.9 Å². The molecule has 0 aliphatic heterocycles. The van der Waals surface area contributed by atoms with Crippen LogP contribution in [0.3, 0.4) is 0 Å². The molecule has 4 aromatic rings. The third-order valence-electron chi connectivity index (χ3n) is 4.42. The molecular formula is C24H16ClFN2O. The minimum absolute atomic E-state index is 0.209. The van der Waals surface area contributed by atoms with E-state index in [9.17, 15) is 9.18 Å². The number of carbonyl (C=O) groups is 1. The summed E-state index contributed by atoms with van der Waals surface area (Å²) in [5.74, 6) is -0.584. The molecule has 0 fully saturated rings. The van der Waals surface area contributed by atoms with Crippen LogP contribution >= 0.6 is 11.6 Å². The van der Waals surface area contributed by atoms with Crippen LogP contribution < -0.4 is 0 Å². The molecule has 0 radical (unpaired) electrons. The molecule has 0 aliphatic rings. The van der Waals surface area contributed by atoms with Crippen molar-refractivity contribution >= 4 is 23.5 Å². The Morgan fingerprint density at radius 2 is 1.62 bits per heavy atom. The minimum atomic E-state index is -0.375. The van der Waals surface area contributed by atoms with Crippen LogP contribution in [0.25, 0.3) is 23.0 Å². The highest BCUT2D eigenvalue weighted by Crippen LogP contribution is 2.26. The molecule has 29 heavy (non-hydrogen) atoms. The van der Waals surface area contributed by atoms with E-state index in [0.29, 0.717) is 10.6 Å². The molecular weight excluding hydrogens is 387 g/mol. The van der Waals surface area contributed by atoms with Crippen LogP contribution in [-0.2, 0) is 0 Å². The summed E-state index contributed by atoms with van der Waals surface area (Å²) in [6, 6.07) is 22.6. The number of carbonyl (C=O) groups excluding carboxylic acids is 1. The molecule has 0 atom stereocenters. The number of nitrogens with zero attached hydrogens (tertiary/aromatic N) is 2. The van der Waals surface area contributed by atoms with Crippen molar-refractivity contribution in [1.29, 1.82) is 0 Å². The summed E-state index contributed by atoms with van der Waals surface area (Å²) >= 11 is 6.01. The fourth-order valence-electron chi connectivity index (χ4n) is 2.93. The predicted octanol–water partition coefficient (Wildman–Crippen LogP) is 6.23. The monoisotopic (exact) mass is 402 g/mol. The molecule has 0 amide bonds. The molecule has 5 heteroatoms. The summed E-state index contributed by atoms with van der Waals surface area (Å²) in [6.07, 6.45) is 5.06. The van der Waals surface area contributed by atoms with Gasteiger partial charge < -0.3 is 0 Å². The average Bonchev–Trinajstić information content (AvgIpc) is 3.18. The lowest BCUT2D eigenvalue weighted by atomic mass is 10.1. The Kier molecular flexibility index (Phi) is 5.36. The Hall–Kier alpha value is -3.50. The maximum absolute atomic E-state index is 13.1. The number of para-hydroxylation sites is 1. The molecule has 4 rings (SSSR count). The van der Waals surface area contributed by atoms with Gasteiger partial charge in [0.05, 0.1) is 11.4 Å². The first-order valence-electron chi connectivity index (χ1n) is 8.99. The second kappa shape index (κ2) is 8.25. The fourth-order valence-corrected chi connectivity index (χ4v) is 3.06. The van der Waals surface area contributed by atoms with Crippen molar-refractivity contribution in [3.63, 3.8) is 0 Å². The molecule has 3 aromatic carbocycles. The number of allylic oxidation sites excluding steroid dienone is 1. The number of halogens is 2. The van der Waals surface area contributed by atoms with Crippen molar-refractivity contribution in [2.24, 2.45) is 0 Å². The Balaban J connectivity index is 1.72. The highest BCUT2D eigenvalue weighted by atomic mass is 35.5. The smallest absolute Gasteiger partial charge is 0.185 e. The number of aromatic nitrogens is 2. The molecule has 142 valence electrons. The highest BCUT2D eigenvalue weighted by Gasteiger charge is 2.11. The Morgan fingerprint density at radius 3 is 2.31 bits per heavy atom. The second-order valence-corrected chi connectivity index (χ2v) is 6.86. The van der Waals surface area contributed by atoms with E-state index in [1.165, 1.54) is 30.3 Å². The van der Waals surface area contributed by atoms with Gasteiger partial charge in [0.15, 0.2) is 5.78 Å². The van der Waals surface area contributed by atoms with Crippen molar-refractivity contribution in [2.45, 2.75) is 0 Å². The molecule has 0 bridgehead atoms. The minimum Gasteiger partial charge on any atom is -0.289 e. The first-order valence-corrected chi connectivity index (χ1v) is 9.37. The molecule has 0 N–H and O–H groups in total. The number of benzene rings is 3. The summed E-state index contributed by atoms with van der Waals surface area (Å²) in [5.41, 5.74) is 3.73. The first-order chi connectivity index (χ1) is 14.1. The van der Waals surface area contributed by atoms with E-state index < -0.39 is 0 Å². The molecule has 0 saturated heterocycles. The second-order valence-electron chi connectivity index (χ2n) is 6.42. The van der Waals surface area contributed by atoms with Gasteiger partial charge in [-0.1, -0.05) is 41.9 Å². The fraction of sp³-hybridized carbons (Fsp3) is 0. The largest absolute Gasteiger partial charge is 0.289 e.